The first-order chi connectivity index (χ1) is 8.71. The molecule has 0 aromatic rings. The number of rotatable bonds is 8. The molecule has 0 spiro atoms. The monoisotopic (exact) mass is 255 g/mol. The van der Waals surface area contributed by atoms with Crippen LogP contribution in [-0.2, 0) is 9.53 Å². The summed E-state index contributed by atoms with van der Waals surface area (Å²) in [5.74, 6) is 1.53. The van der Waals surface area contributed by atoms with Gasteiger partial charge in [0.1, 0.15) is 5.78 Å². The molecule has 2 atom stereocenters. The second-order valence-electron chi connectivity index (χ2n) is 5.48. The van der Waals surface area contributed by atoms with Crippen molar-refractivity contribution in [2.24, 2.45) is 11.8 Å². The fraction of sp³-hybridized carbons (Fsp3) is 0.933. The highest BCUT2D eigenvalue weighted by molar-refractivity contribution is 5.81. The van der Waals surface area contributed by atoms with E-state index in [-0.39, 0.29) is 5.92 Å². The van der Waals surface area contributed by atoms with Gasteiger partial charge in [0.2, 0.25) is 0 Å². The summed E-state index contributed by atoms with van der Waals surface area (Å²) in [6, 6.07) is 0. The van der Waals surface area contributed by atoms with Gasteiger partial charge in [0.05, 0.1) is 6.61 Å². The summed E-state index contributed by atoms with van der Waals surface area (Å²) in [4.78, 5) is 14.4. The Morgan fingerprint density at radius 1 is 1.39 bits per heavy atom. The standard InChI is InChI=1S/C15H29NO2/c1-4-6-13-7-8-15(17)14(11-13)12-16(5-2)9-10-18-3/h13-14H,4-12H2,1-3H3. The summed E-state index contributed by atoms with van der Waals surface area (Å²) in [5, 5.41) is 0. The highest BCUT2D eigenvalue weighted by atomic mass is 16.5. The van der Waals surface area contributed by atoms with Crippen molar-refractivity contribution in [2.45, 2.75) is 46.0 Å². The van der Waals surface area contributed by atoms with Crippen molar-refractivity contribution in [1.29, 1.82) is 0 Å². The minimum Gasteiger partial charge on any atom is -0.383 e. The third-order valence-electron chi connectivity index (χ3n) is 4.11. The normalized spacial score (nSPS) is 24.8. The molecule has 0 amide bonds. The van der Waals surface area contributed by atoms with Gasteiger partial charge in [-0.3, -0.25) is 4.79 Å². The van der Waals surface area contributed by atoms with Crippen molar-refractivity contribution in [1.82, 2.24) is 4.90 Å². The van der Waals surface area contributed by atoms with Crippen molar-refractivity contribution < 1.29 is 9.53 Å². The molecule has 0 aromatic carbocycles. The molecule has 1 saturated carbocycles. The third kappa shape index (κ3) is 5.07. The van der Waals surface area contributed by atoms with Crippen LogP contribution in [0.4, 0.5) is 0 Å². The lowest BCUT2D eigenvalue weighted by Gasteiger charge is -2.31. The van der Waals surface area contributed by atoms with Gasteiger partial charge in [-0.25, -0.2) is 0 Å². The zero-order chi connectivity index (χ0) is 13.4. The van der Waals surface area contributed by atoms with E-state index in [4.69, 9.17) is 4.74 Å². The molecule has 0 N–H and O–H groups in total. The second-order valence-corrected chi connectivity index (χ2v) is 5.48. The Kier molecular flexibility index (Phi) is 7.52. The van der Waals surface area contributed by atoms with Gasteiger partial charge in [0.15, 0.2) is 0 Å². The van der Waals surface area contributed by atoms with Crippen LogP contribution >= 0.6 is 0 Å². The molecule has 106 valence electrons. The van der Waals surface area contributed by atoms with E-state index in [1.54, 1.807) is 7.11 Å². The third-order valence-corrected chi connectivity index (χ3v) is 4.11. The van der Waals surface area contributed by atoms with Gasteiger partial charge in [-0.05, 0) is 25.3 Å². The number of likely N-dealkylation sites (N-methyl/N-ethyl adjacent to an activating group) is 1. The Balaban J connectivity index is 2.43. The average molecular weight is 255 g/mol. The molecular formula is C15H29NO2. The summed E-state index contributed by atoms with van der Waals surface area (Å²) in [7, 11) is 1.73. The first-order valence-corrected chi connectivity index (χ1v) is 7.45. The number of Topliss-reactive ketones (excluding diaryl/α,β-unsaturated/α-hetero) is 1. The van der Waals surface area contributed by atoms with Crippen LogP contribution in [0.2, 0.25) is 0 Å². The van der Waals surface area contributed by atoms with Crippen LogP contribution in [0.25, 0.3) is 0 Å². The van der Waals surface area contributed by atoms with Crippen molar-refractivity contribution >= 4 is 5.78 Å². The zero-order valence-electron chi connectivity index (χ0n) is 12.3. The number of ketones is 1. The molecule has 0 aliphatic heterocycles. The van der Waals surface area contributed by atoms with Crippen LogP contribution in [0, 0.1) is 11.8 Å². The van der Waals surface area contributed by atoms with Crippen molar-refractivity contribution in [3.05, 3.63) is 0 Å². The van der Waals surface area contributed by atoms with Gasteiger partial charge < -0.3 is 9.64 Å². The predicted octanol–water partition coefficient (Wildman–Crippen LogP) is 2.74. The van der Waals surface area contributed by atoms with Crippen molar-refractivity contribution in [3.63, 3.8) is 0 Å². The fourth-order valence-corrected chi connectivity index (χ4v) is 2.96. The summed E-state index contributed by atoms with van der Waals surface area (Å²) in [6.45, 7) is 8.03. The van der Waals surface area contributed by atoms with Gasteiger partial charge in [0.25, 0.3) is 0 Å². The number of carbonyl (C=O) groups excluding carboxylic acids is 1. The van der Waals surface area contributed by atoms with Crippen LogP contribution in [-0.4, -0.2) is 44.0 Å². The minimum absolute atomic E-state index is 0.270. The second kappa shape index (κ2) is 8.65. The van der Waals surface area contributed by atoms with Crippen LogP contribution in [0.1, 0.15) is 46.0 Å². The Hall–Kier alpha value is -0.410. The van der Waals surface area contributed by atoms with Gasteiger partial charge in [-0.2, -0.15) is 0 Å². The van der Waals surface area contributed by atoms with E-state index in [2.05, 4.69) is 18.7 Å². The first-order valence-electron chi connectivity index (χ1n) is 7.45. The first kappa shape index (κ1) is 15.6. The molecule has 1 rings (SSSR count). The largest absolute Gasteiger partial charge is 0.383 e. The molecule has 0 bridgehead atoms. The van der Waals surface area contributed by atoms with E-state index < -0.39 is 0 Å². The highest BCUT2D eigenvalue weighted by Gasteiger charge is 2.29. The molecular weight excluding hydrogens is 226 g/mol. The Morgan fingerprint density at radius 2 is 2.17 bits per heavy atom. The van der Waals surface area contributed by atoms with Crippen LogP contribution in [0.5, 0.6) is 0 Å². The lowest BCUT2D eigenvalue weighted by molar-refractivity contribution is -0.126. The molecule has 1 fully saturated rings. The highest BCUT2D eigenvalue weighted by Crippen LogP contribution is 2.30. The maximum atomic E-state index is 12.0. The van der Waals surface area contributed by atoms with Crippen LogP contribution in [0.15, 0.2) is 0 Å². The number of hydrogen-bond donors (Lipinski definition) is 0. The topological polar surface area (TPSA) is 29.5 Å². The molecule has 2 unspecified atom stereocenters. The summed E-state index contributed by atoms with van der Waals surface area (Å²) in [5.41, 5.74) is 0. The van der Waals surface area contributed by atoms with Gasteiger partial charge >= 0.3 is 0 Å². The molecule has 3 heteroatoms. The van der Waals surface area contributed by atoms with E-state index in [1.165, 1.54) is 12.8 Å². The summed E-state index contributed by atoms with van der Waals surface area (Å²) >= 11 is 0. The lowest BCUT2D eigenvalue weighted by Crippen LogP contribution is -2.38. The number of methoxy groups -OCH3 is 1. The molecule has 0 saturated heterocycles. The summed E-state index contributed by atoms with van der Waals surface area (Å²) in [6.07, 6.45) is 5.56. The smallest absolute Gasteiger partial charge is 0.137 e. The number of ether oxygens (including phenoxy) is 1. The van der Waals surface area contributed by atoms with Crippen LogP contribution < -0.4 is 0 Å². The molecule has 3 nitrogen and oxygen atoms in total. The van der Waals surface area contributed by atoms with Crippen LogP contribution in [0.3, 0.4) is 0 Å². The van der Waals surface area contributed by atoms with E-state index in [1.807, 2.05) is 0 Å². The zero-order valence-corrected chi connectivity index (χ0v) is 12.3. The van der Waals surface area contributed by atoms with Gasteiger partial charge in [0, 0.05) is 32.5 Å². The fourth-order valence-electron chi connectivity index (χ4n) is 2.96. The van der Waals surface area contributed by atoms with E-state index >= 15 is 0 Å². The van der Waals surface area contributed by atoms with Gasteiger partial charge in [-0.1, -0.05) is 26.7 Å². The van der Waals surface area contributed by atoms with Crippen molar-refractivity contribution in [2.75, 3.05) is 33.4 Å². The Labute approximate surface area is 112 Å². The molecule has 1 aliphatic carbocycles. The van der Waals surface area contributed by atoms with Crippen molar-refractivity contribution in [3.8, 4) is 0 Å². The van der Waals surface area contributed by atoms with E-state index in [9.17, 15) is 4.79 Å². The molecule has 0 aromatic heterocycles. The Bertz CT molecular complexity index is 243. The van der Waals surface area contributed by atoms with E-state index in [0.29, 0.717) is 5.78 Å². The van der Waals surface area contributed by atoms with Gasteiger partial charge in [-0.15, -0.1) is 0 Å². The maximum Gasteiger partial charge on any atom is 0.137 e. The molecule has 1 aliphatic rings. The predicted molar refractivity (Wildman–Crippen MR) is 74.7 cm³/mol. The molecule has 0 radical (unpaired) electrons. The quantitative estimate of drug-likeness (QED) is 0.668. The number of hydrogen-bond acceptors (Lipinski definition) is 3. The minimum atomic E-state index is 0.270. The summed E-state index contributed by atoms with van der Waals surface area (Å²) < 4.78 is 5.12. The van der Waals surface area contributed by atoms with E-state index in [0.717, 1.165) is 51.4 Å². The lowest BCUT2D eigenvalue weighted by atomic mass is 9.78. The Morgan fingerprint density at radius 3 is 2.78 bits per heavy atom. The molecule has 0 heterocycles. The average Bonchev–Trinajstić information content (AvgIpc) is 2.38. The number of carbonyl (C=O) groups is 1. The SMILES string of the molecule is CCCC1CCC(=O)C(CN(CC)CCOC)C1. The molecule has 18 heavy (non-hydrogen) atoms. The number of nitrogens with zero attached hydrogens (tertiary/aromatic N) is 1. The maximum absolute atomic E-state index is 12.0.